The molecule has 0 fully saturated rings. The van der Waals surface area contributed by atoms with E-state index in [0.29, 0.717) is 5.57 Å². The summed E-state index contributed by atoms with van der Waals surface area (Å²) in [5.41, 5.74) is 3.74. The van der Waals surface area contributed by atoms with Crippen LogP contribution in [0.1, 0.15) is 12.5 Å². The second-order valence-corrected chi connectivity index (χ2v) is 4.15. The molecule has 0 radical (unpaired) electrons. The Balaban J connectivity index is 2.21. The molecule has 2 heteroatoms. The first kappa shape index (κ1) is 12.1. The number of hydrogen-bond donors (Lipinski definition) is 0. The average Bonchev–Trinajstić information content (AvgIpc) is 2.42. The Morgan fingerprint density at radius 1 is 1.28 bits per heavy atom. The molecule has 0 saturated carbocycles. The maximum Gasteiger partial charge on any atom is 0.150 e. The van der Waals surface area contributed by atoms with Crippen LogP contribution in [0, 0.1) is 0 Å². The van der Waals surface area contributed by atoms with Gasteiger partial charge in [-0.3, -0.25) is 4.79 Å². The molecule has 1 aromatic rings. The molecule has 1 aromatic carbocycles. The van der Waals surface area contributed by atoms with Gasteiger partial charge in [-0.2, -0.15) is 0 Å². The Morgan fingerprint density at radius 3 is 2.61 bits per heavy atom. The van der Waals surface area contributed by atoms with E-state index in [0.717, 1.165) is 17.6 Å². The number of rotatable bonds is 3. The van der Waals surface area contributed by atoms with Crippen LogP contribution in [0.4, 0.5) is 0 Å². The number of allylic oxidation sites excluding steroid dienone is 4. The van der Waals surface area contributed by atoms with E-state index in [1.807, 2.05) is 35.5 Å². The van der Waals surface area contributed by atoms with Crippen LogP contribution < -0.4 is 0 Å². The molecule has 0 amide bonds. The number of carbonyl (C=O) groups is 1. The van der Waals surface area contributed by atoms with Gasteiger partial charge in [0.1, 0.15) is 6.29 Å². The van der Waals surface area contributed by atoms with E-state index < -0.39 is 0 Å². The standard InChI is InChI=1S/C16H15NO/c1-13(16-6-4-3-5-7-16)11-17-9-8-15(12-18)10-14(17)2/h3-12H,2H2,1H3/b13-11+. The first-order chi connectivity index (χ1) is 8.70. The zero-order valence-electron chi connectivity index (χ0n) is 10.3. The second-order valence-electron chi connectivity index (χ2n) is 4.15. The van der Waals surface area contributed by atoms with E-state index in [9.17, 15) is 4.79 Å². The third-order valence-electron chi connectivity index (χ3n) is 2.79. The SMILES string of the molecule is C=C1C=C(C=O)C=CN1/C=C(\C)c1ccccc1. The molecule has 90 valence electrons. The van der Waals surface area contributed by atoms with Gasteiger partial charge in [0.15, 0.2) is 0 Å². The molecule has 0 aromatic heterocycles. The van der Waals surface area contributed by atoms with E-state index in [-0.39, 0.29) is 0 Å². The van der Waals surface area contributed by atoms with Crippen molar-refractivity contribution in [2.75, 3.05) is 0 Å². The lowest BCUT2D eigenvalue weighted by Gasteiger charge is -2.20. The van der Waals surface area contributed by atoms with Crippen molar-refractivity contribution >= 4 is 11.9 Å². The van der Waals surface area contributed by atoms with E-state index in [1.54, 1.807) is 12.2 Å². The minimum atomic E-state index is 0.641. The van der Waals surface area contributed by atoms with Gasteiger partial charge >= 0.3 is 0 Å². The first-order valence-corrected chi connectivity index (χ1v) is 5.77. The fourth-order valence-electron chi connectivity index (χ4n) is 1.76. The summed E-state index contributed by atoms with van der Waals surface area (Å²) in [7, 11) is 0. The number of carbonyl (C=O) groups excluding carboxylic acids is 1. The predicted molar refractivity (Wildman–Crippen MR) is 74.4 cm³/mol. The molecule has 0 unspecified atom stereocenters. The molecule has 0 bridgehead atoms. The van der Waals surface area contributed by atoms with Crippen LogP contribution >= 0.6 is 0 Å². The molecule has 0 saturated heterocycles. The van der Waals surface area contributed by atoms with Crippen LogP contribution in [0.15, 0.2) is 72.7 Å². The van der Waals surface area contributed by atoms with Crippen molar-refractivity contribution in [3.05, 3.63) is 78.3 Å². The molecule has 1 aliphatic heterocycles. The van der Waals surface area contributed by atoms with Gasteiger partial charge in [0, 0.05) is 23.7 Å². The summed E-state index contributed by atoms with van der Waals surface area (Å²) in [5.74, 6) is 0. The molecule has 0 spiro atoms. The Kier molecular flexibility index (Phi) is 3.58. The van der Waals surface area contributed by atoms with Crippen LogP contribution in [0.5, 0.6) is 0 Å². The summed E-state index contributed by atoms with van der Waals surface area (Å²) in [4.78, 5) is 12.6. The molecule has 2 rings (SSSR count). The Bertz CT molecular complexity index is 550. The van der Waals surface area contributed by atoms with Crippen molar-refractivity contribution in [2.45, 2.75) is 6.92 Å². The van der Waals surface area contributed by atoms with Crippen molar-refractivity contribution in [3.8, 4) is 0 Å². The molecule has 1 aliphatic rings. The lowest BCUT2D eigenvalue weighted by molar-refractivity contribution is -0.104. The van der Waals surface area contributed by atoms with Gasteiger partial charge in [-0.25, -0.2) is 0 Å². The average molecular weight is 237 g/mol. The molecule has 0 atom stereocenters. The topological polar surface area (TPSA) is 20.3 Å². The van der Waals surface area contributed by atoms with Crippen LogP contribution in [-0.4, -0.2) is 11.2 Å². The largest absolute Gasteiger partial charge is 0.324 e. The van der Waals surface area contributed by atoms with Gasteiger partial charge in [0.2, 0.25) is 0 Å². The Hall–Kier alpha value is -2.35. The maximum absolute atomic E-state index is 10.7. The number of hydrogen-bond acceptors (Lipinski definition) is 2. The van der Waals surface area contributed by atoms with Gasteiger partial charge in [-0.1, -0.05) is 36.9 Å². The zero-order chi connectivity index (χ0) is 13.0. The highest BCUT2D eigenvalue weighted by atomic mass is 16.1. The lowest BCUT2D eigenvalue weighted by Crippen LogP contribution is -2.11. The van der Waals surface area contributed by atoms with E-state index >= 15 is 0 Å². The van der Waals surface area contributed by atoms with Gasteiger partial charge in [-0.05, 0) is 30.2 Å². The molecule has 18 heavy (non-hydrogen) atoms. The van der Waals surface area contributed by atoms with Crippen molar-refractivity contribution in [1.29, 1.82) is 0 Å². The summed E-state index contributed by atoms with van der Waals surface area (Å²) < 4.78 is 0. The number of aldehydes is 1. The highest BCUT2D eigenvalue weighted by Gasteiger charge is 2.06. The van der Waals surface area contributed by atoms with E-state index in [4.69, 9.17) is 0 Å². The summed E-state index contributed by atoms with van der Waals surface area (Å²) in [6.07, 6.45) is 8.22. The van der Waals surface area contributed by atoms with Crippen molar-refractivity contribution < 1.29 is 4.79 Å². The molecule has 0 N–H and O–H groups in total. The van der Waals surface area contributed by atoms with Crippen LogP contribution in [0.3, 0.4) is 0 Å². The Morgan fingerprint density at radius 2 is 2.00 bits per heavy atom. The second kappa shape index (κ2) is 5.32. The summed E-state index contributed by atoms with van der Waals surface area (Å²) in [6.45, 7) is 5.99. The van der Waals surface area contributed by atoms with Crippen LogP contribution in [0.25, 0.3) is 5.57 Å². The highest BCUT2D eigenvalue weighted by molar-refractivity contribution is 5.79. The molecule has 1 heterocycles. The fourth-order valence-corrected chi connectivity index (χ4v) is 1.76. The van der Waals surface area contributed by atoms with Gasteiger partial charge < -0.3 is 4.90 Å². The lowest BCUT2D eigenvalue weighted by atomic mass is 10.1. The summed E-state index contributed by atoms with van der Waals surface area (Å²) in [6, 6.07) is 10.1. The third kappa shape index (κ3) is 2.66. The molecular formula is C16H15NO. The minimum Gasteiger partial charge on any atom is -0.324 e. The smallest absolute Gasteiger partial charge is 0.150 e. The van der Waals surface area contributed by atoms with Crippen molar-refractivity contribution in [2.24, 2.45) is 0 Å². The molecule has 0 aliphatic carbocycles. The first-order valence-electron chi connectivity index (χ1n) is 5.77. The zero-order valence-corrected chi connectivity index (χ0v) is 10.3. The molecular weight excluding hydrogens is 222 g/mol. The monoisotopic (exact) mass is 237 g/mol. The highest BCUT2D eigenvalue weighted by Crippen LogP contribution is 2.20. The van der Waals surface area contributed by atoms with Gasteiger partial charge in [-0.15, -0.1) is 0 Å². The van der Waals surface area contributed by atoms with E-state index in [1.165, 1.54) is 5.56 Å². The quantitative estimate of drug-likeness (QED) is 0.750. The van der Waals surface area contributed by atoms with Crippen molar-refractivity contribution in [3.63, 3.8) is 0 Å². The fraction of sp³-hybridized carbons (Fsp3) is 0.0625. The van der Waals surface area contributed by atoms with Crippen molar-refractivity contribution in [1.82, 2.24) is 4.90 Å². The normalized spacial score (nSPS) is 15.6. The van der Waals surface area contributed by atoms with E-state index in [2.05, 4.69) is 25.6 Å². The predicted octanol–water partition coefficient (Wildman–Crippen LogP) is 3.52. The summed E-state index contributed by atoms with van der Waals surface area (Å²) in [5, 5.41) is 0. The minimum absolute atomic E-state index is 0.641. The number of benzene rings is 1. The van der Waals surface area contributed by atoms with Crippen LogP contribution in [0.2, 0.25) is 0 Å². The summed E-state index contributed by atoms with van der Waals surface area (Å²) >= 11 is 0. The number of nitrogens with zero attached hydrogens (tertiary/aromatic N) is 1. The third-order valence-corrected chi connectivity index (χ3v) is 2.79. The van der Waals surface area contributed by atoms with Crippen LogP contribution in [-0.2, 0) is 4.79 Å². The maximum atomic E-state index is 10.7. The molecule has 2 nitrogen and oxygen atoms in total. The Labute approximate surface area is 107 Å². The van der Waals surface area contributed by atoms with Gasteiger partial charge in [0.05, 0.1) is 0 Å². The van der Waals surface area contributed by atoms with Gasteiger partial charge in [0.25, 0.3) is 0 Å².